The van der Waals surface area contributed by atoms with Crippen molar-refractivity contribution in [2.75, 3.05) is 32.8 Å². The van der Waals surface area contributed by atoms with Crippen LogP contribution >= 0.6 is 0 Å². The maximum absolute atomic E-state index is 5.72. The third-order valence-electron chi connectivity index (χ3n) is 4.57. The van der Waals surface area contributed by atoms with Gasteiger partial charge in [-0.3, -0.25) is 9.80 Å². The minimum atomic E-state index is 0.374. The number of hydrogen-bond acceptors (Lipinski definition) is 3. The van der Waals surface area contributed by atoms with Crippen LogP contribution in [0.3, 0.4) is 0 Å². The molecule has 0 amide bonds. The molecule has 2 rings (SSSR count). The van der Waals surface area contributed by atoms with Crippen LogP contribution in [0.2, 0.25) is 0 Å². The lowest BCUT2D eigenvalue weighted by molar-refractivity contribution is -0.0264. The van der Waals surface area contributed by atoms with Crippen LogP contribution in [-0.4, -0.2) is 60.8 Å². The second-order valence-corrected chi connectivity index (χ2v) is 5.93. The van der Waals surface area contributed by atoms with Crippen LogP contribution < -0.4 is 0 Å². The second kappa shape index (κ2) is 6.88. The summed E-state index contributed by atoms with van der Waals surface area (Å²) in [7, 11) is 0. The molecule has 0 radical (unpaired) electrons. The van der Waals surface area contributed by atoms with Gasteiger partial charge in [0.05, 0.1) is 6.10 Å². The van der Waals surface area contributed by atoms with Gasteiger partial charge in [0.1, 0.15) is 0 Å². The first-order chi connectivity index (χ1) is 8.74. The summed E-state index contributed by atoms with van der Waals surface area (Å²) >= 11 is 0. The Morgan fingerprint density at radius 2 is 2.06 bits per heavy atom. The zero-order valence-corrected chi connectivity index (χ0v) is 12.4. The van der Waals surface area contributed by atoms with Crippen molar-refractivity contribution >= 4 is 0 Å². The molecule has 3 atom stereocenters. The summed E-state index contributed by atoms with van der Waals surface area (Å²) in [4.78, 5) is 5.42. The zero-order valence-electron chi connectivity index (χ0n) is 12.4. The van der Waals surface area contributed by atoms with Gasteiger partial charge in [0.25, 0.3) is 0 Å². The van der Waals surface area contributed by atoms with Gasteiger partial charge in [-0.15, -0.1) is 0 Å². The SMILES string of the molecule is CCOC(C)CN1CC2CCCCN2CC1CC. The molecule has 0 bridgehead atoms. The van der Waals surface area contributed by atoms with E-state index in [2.05, 4.69) is 30.6 Å². The summed E-state index contributed by atoms with van der Waals surface area (Å²) in [6.07, 6.45) is 5.87. The van der Waals surface area contributed by atoms with E-state index in [-0.39, 0.29) is 0 Å². The molecule has 0 saturated carbocycles. The zero-order chi connectivity index (χ0) is 13.0. The molecule has 0 spiro atoms. The van der Waals surface area contributed by atoms with Gasteiger partial charge in [0, 0.05) is 38.3 Å². The Kier molecular flexibility index (Phi) is 5.46. The van der Waals surface area contributed by atoms with Crippen molar-refractivity contribution in [1.82, 2.24) is 9.80 Å². The quantitative estimate of drug-likeness (QED) is 0.749. The monoisotopic (exact) mass is 254 g/mol. The summed E-state index contributed by atoms with van der Waals surface area (Å²) in [5.74, 6) is 0. The molecule has 106 valence electrons. The number of ether oxygens (including phenoxy) is 1. The van der Waals surface area contributed by atoms with Crippen LogP contribution in [0.4, 0.5) is 0 Å². The molecule has 2 aliphatic heterocycles. The van der Waals surface area contributed by atoms with Crippen LogP contribution in [0.15, 0.2) is 0 Å². The molecule has 0 aromatic heterocycles. The van der Waals surface area contributed by atoms with Gasteiger partial charge in [-0.25, -0.2) is 0 Å². The van der Waals surface area contributed by atoms with Crippen molar-refractivity contribution < 1.29 is 4.74 Å². The number of hydrogen-bond donors (Lipinski definition) is 0. The molecule has 2 saturated heterocycles. The number of fused-ring (bicyclic) bond motifs is 1. The summed E-state index contributed by atoms with van der Waals surface area (Å²) in [6, 6.07) is 1.55. The molecule has 0 aromatic rings. The summed E-state index contributed by atoms with van der Waals surface area (Å²) in [5, 5.41) is 0. The van der Waals surface area contributed by atoms with Crippen molar-refractivity contribution in [1.29, 1.82) is 0 Å². The van der Waals surface area contributed by atoms with E-state index in [1.807, 2.05) is 0 Å². The first-order valence-electron chi connectivity index (χ1n) is 7.84. The molecule has 18 heavy (non-hydrogen) atoms. The number of piperazine rings is 1. The molecule has 2 fully saturated rings. The second-order valence-electron chi connectivity index (χ2n) is 5.93. The lowest BCUT2D eigenvalue weighted by Gasteiger charge is -2.49. The van der Waals surface area contributed by atoms with E-state index < -0.39 is 0 Å². The Morgan fingerprint density at radius 1 is 1.22 bits per heavy atom. The summed E-state index contributed by atoms with van der Waals surface area (Å²) < 4.78 is 5.72. The minimum Gasteiger partial charge on any atom is -0.377 e. The van der Waals surface area contributed by atoms with Crippen LogP contribution in [0.5, 0.6) is 0 Å². The third-order valence-corrected chi connectivity index (χ3v) is 4.57. The lowest BCUT2D eigenvalue weighted by atomic mass is 9.95. The van der Waals surface area contributed by atoms with Gasteiger partial charge in [0.2, 0.25) is 0 Å². The smallest absolute Gasteiger partial charge is 0.0673 e. The standard InChI is InChI=1S/C15H30N2O/c1-4-14-11-16-9-7-6-8-15(16)12-17(14)10-13(3)18-5-2/h13-15H,4-12H2,1-3H3. The van der Waals surface area contributed by atoms with E-state index in [1.165, 1.54) is 45.3 Å². The van der Waals surface area contributed by atoms with Crippen molar-refractivity contribution in [2.24, 2.45) is 0 Å². The largest absolute Gasteiger partial charge is 0.377 e. The molecular weight excluding hydrogens is 224 g/mol. The Balaban J connectivity index is 1.91. The molecular formula is C15H30N2O. The highest BCUT2D eigenvalue weighted by Crippen LogP contribution is 2.25. The molecule has 0 N–H and O–H groups in total. The van der Waals surface area contributed by atoms with E-state index in [4.69, 9.17) is 4.74 Å². The Morgan fingerprint density at radius 3 is 2.78 bits per heavy atom. The number of rotatable bonds is 5. The predicted molar refractivity (Wildman–Crippen MR) is 76.0 cm³/mol. The fourth-order valence-corrected chi connectivity index (χ4v) is 3.59. The molecule has 0 aliphatic carbocycles. The molecule has 3 unspecified atom stereocenters. The van der Waals surface area contributed by atoms with Crippen molar-refractivity contribution in [3.8, 4) is 0 Å². The van der Waals surface area contributed by atoms with Gasteiger partial charge in [-0.2, -0.15) is 0 Å². The lowest BCUT2D eigenvalue weighted by Crippen LogP contribution is -2.60. The van der Waals surface area contributed by atoms with Crippen molar-refractivity contribution in [2.45, 2.75) is 64.6 Å². The average molecular weight is 254 g/mol. The highest BCUT2D eigenvalue weighted by molar-refractivity contribution is 4.90. The third kappa shape index (κ3) is 3.46. The highest BCUT2D eigenvalue weighted by Gasteiger charge is 2.34. The Labute approximate surface area is 112 Å². The molecule has 0 aromatic carbocycles. The van der Waals surface area contributed by atoms with E-state index in [1.54, 1.807) is 0 Å². The van der Waals surface area contributed by atoms with Crippen LogP contribution in [0.1, 0.15) is 46.5 Å². The molecule has 2 aliphatic rings. The minimum absolute atomic E-state index is 0.374. The maximum Gasteiger partial charge on any atom is 0.0673 e. The summed E-state index contributed by atoms with van der Waals surface area (Å²) in [6.45, 7) is 12.4. The first kappa shape index (κ1) is 14.3. The maximum atomic E-state index is 5.72. The molecule has 3 heteroatoms. The van der Waals surface area contributed by atoms with E-state index >= 15 is 0 Å². The van der Waals surface area contributed by atoms with Crippen LogP contribution in [0, 0.1) is 0 Å². The van der Waals surface area contributed by atoms with Crippen LogP contribution in [-0.2, 0) is 4.74 Å². The Bertz CT molecular complexity index is 247. The number of nitrogens with zero attached hydrogens (tertiary/aromatic N) is 2. The van der Waals surface area contributed by atoms with Crippen molar-refractivity contribution in [3.05, 3.63) is 0 Å². The normalized spacial score (nSPS) is 32.2. The fourth-order valence-electron chi connectivity index (χ4n) is 3.59. The van der Waals surface area contributed by atoms with Crippen molar-refractivity contribution in [3.63, 3.8) is 0 Å². The van der Waals surface area contributed by atoms with Gasteiger partial charge < -0.3 is 4.74 Å². The number of piperidine rings is 1. The fraction of sp³-hybridized carbons (Fsp3) is 1.00. The topological polar surface area (TPSA) is 15.7 Å². The van der Waals surface area contributed by atoms with Crippen LogP contribution in [0.25, 0.3) is 0 Å². The van der Waals surface area contributed by atoms with E-state index in [0.717, 1.165) is 25.2 Å². The van der Waals surface area contributed by atoms with Gasteiger partial charge in [0.15, 0.2) is 0 Å². The van der Waals surface area contributed by atoms with Gasteiger partial charge in [-0.1, -0.05) is 13.3 Å². The van der Waals surface area contributed by atoms with E-state index in [0.29, 0.717) is 6.10 Å². The van der Waals surface area contributed by atoms with Gasteiger partial charge in [-0.05, 0) is 39.7 Å². The van der Waals surface area contributed by atoms with E-state index in [9.17, 15) is 0 Å². The highest BCUT2D eigenvalue weighted by atomic mass is 16.5. The average Bonchev–Trinajstić information content (AvgIpc) is 2.38. The predicted octanol–water partition coefficient (Wildman–Crippen LogP) is 2.36. The molecule has 3 nitrogen and oxygen atoms in total. The van der Waals surface area contributed by atoms with Gasteiger partial charge >= 0.3 is 0 Å². The Hall–Kier alpha value is -0.120. The first-order valence-corrected chi connectivity index (χ1v) is 7.84. The summed E-state index contributed by atoms with van der Waals surface area (Å²) in [5.41, 5.74) is 0. The molecule has 2 heterocycles.